The molecule has 2 N–H and O–H groups in total. The molecule has 152 valence electrons. The molecule has 3 rings (SSSR count). The van der Waals surface area contributed by atoms with Crippen molar-refractivity contribution in [3.63, 3.8) is 0 Å². The number of alkyl halides is 3. The number of aromatic nitrogens is 1. The van der Waals surface area contributed by atoms with Crippen LogP contribution >= 0.6 is 22.7 Å². The quantitative estimate of drug-likeness (QED) is 0.608. The van der Waals surface area contributed by atoms with E-state index in [0.29, 0.717) is 5.52 Å². The number of thiophene rings is 1. The Bertz CT molecular complexity index is 1030. The number of anilines is 1. The lowest BCUT2D eigenvalue weighted by molar-refractivity contribution is -0.141. The van der Waals surface area contributed by atoms with Gasteiger partial charge >= 0.3 is 12.3 Å². The molecule has 0 aliphatic carbocycles. The Morgan fingerprint density at radius 3 is 2.59 bits per heavy atom. The van der Waals surface area contributed by atoms with Gasteiger partial charge < -0.3 is 10.1 Å². The number of nitrogens with one attached hydrogen (secondary N) is 2. The first-order valence-corrected chi connectivity index (χ1v) is 9.72. The SMILES string of the molecule is O=C(NC(=O)c1ccsc1NC(=O)c1nc2ccccc2s1)OCCC(F)(F)F. The predicted molar refractivity (Wildman–Crippen MR) is 101 cm³/mol. The standard InChI is InChI=1S/C17H12F3N3O4S2/c18-17(19,20)6-7-27-16(26)23-12(24)9-5-8-28-14(9)22-13(25)15-21-10-3-1-2-4-11(10)29-15/h1-5,8H,6-7H2,(H,22,25)(H,23,24,26). The Morgan fingerprint density at radius 2 is 1.86 bits per heavy atom. The highest BCUT2D eigenvalue weighted by molar-refractivity contribution is 7.20. The molecule has 0 aliphatic rings. The lowest BCUT2D eigenvalue weighted by Crippen LogP contribution is -2.32. The highest BCUT2D eigenvalue weighted by Gasteiger charge is 2.27. The van der Waals surface area contributed by atoms with Crippen LogP contribution in [0.25, 0.3) is 10.2 Å². The van der Waals surface area contributed by atoms with E-state index in [1.807, 2.05) is 17.4 Å². The second kappa shape index (κ2) is 8.57. The molecule has 1 aromatic carbocycles. The molecule has 0 saturated heterocycles. The largest absolute Gasteiger partial charge is 0.449 e. The number of alkyl carbamates (subject to hydrolysis) is 1. The molecule has 12 heteroatoms. The van der Waals surface area contributed by atoms with Crippen LogP contribution in [-0.2, 0) is 4.74 Å². The molecule has 3 amide bonds. The molecule has 0 aliphatic heterocycles. The number of imide groups is 1. The van der Waals surface area contributed by atoms with Gasteiger partial charge in [0.25, 0.3) is 11.8 Å². The summed E-state index contributed by atoms with van der Waals surface area (Å²) in [5.74, 6) is -1.45. The Hall–Kier alpha value is -2.99. The van der Waals surface area contributed by atoms with Gasteiger partial charge in [-0.25, -0.2) is 9.78 Å². The number of thiazole rings is 1. The fourth-order valence-corrected chi connectivity index (χ4v) is 3.81. The van der Waals surface area contributed by atoms with E-state index in [0.717, 1.165) is 16.0 Å². The van der Waals surface area contributed by atoms with Crippen LogP contribution in [0.3, 0.4) is 0 Å². The van der Waals surface area contributed by atoms with Crippen molar-refractivity contribution >= 4 is 55.8 Å². The van der Waals surface area contributed by atoms with Crippen molar-refractivity contribution in [3.05, 3.63) is 46.3 Å². The van der Waals surface area contributed by atoms with Gasteiger partial charge in [0.2, 0.25) is 0 Å². The van der Waals surface area contributed by atoms with Crippen molar-refractivity contribution in [1.82, 2.24) is 10.3 Å². The molecule has 0 bridgehead atoms. The number of hydrogen-bond donors (Lipinski definition) is 2. The van der Waals surface area contributed by atoms with Crippen LogP contribution in [-0.4, -0.2) is 35.7 Å². The number of halogens is 3. The summed E-state index contributed by atoms with van der Waals surface area (Å²) >= 11 is 2.22. The van der Waals surface area contributed by atoms with E-state index in [9.17, 15) is 27.6 Å². The molecule has 2 heterocycles. The Morgan fingerprint density at radius 1 is 1.10 bits per heavy atom. The van der Waals surface area contributed by atoms with Gasteiger partial charge in [0.1, 0.15) is 11.6 Å². The van der Waals surface area contributed by atoms with Crippen molar-refractivity contribution in [3.8, 4) is 0 Å². The lowest BCUT2D eigenvalue weighted by atomic mass is 10.3. The average Bonchev–Trinajstić information content (AvgIpc) is 3.26. The first kappa shape index (κ1) is 20.7. The topological polar surface area (TPSA) is 97.4 Å². The summed E-state index contributed by atoms with van der Waals surface area (Å²) in [4.78, 5) is 40.3. The number of ether oxygens (including phenoxy) is 1. The van der Waals surface area contributed by atoms with Gasteiger partial charge in [-0.3, -0.25) is 14.9 Å². The molecule has 2 aromatic heterocycles. The van der Waals surface area contributed by atoms with E-state index < -0.39 is 37.1 Å². The van der Waals surface area contributed by atoms with Gasteiger partial charge in [-0.05, 0) is 23.6 Å². The fourth-order valence-electron chi connectivity index (χ4n) is 2.17. The van der Waals surface area contributed by atoms with Crippen LogP contribution in [0.4, 0.5) is 23.0 Å². The van der Waals surface area contributed by atoms with Crippen molar-refractivity contribution in [2.75, 3.05) is 11.9 Å². The summed E-state index contributed by atoms with van der Waals surface area (Å²) < 4.78 is 41.3. The first-order chi connectivity index (χ1) is 13.7. The van der Waals surface area contributed by atoms with Crippen molar-refractivity contribution < 1.29 is 32.3 Å². The molecule has 7 nitrogen and oxygen atoms in total. The van der Waals surface area contributed by atoms with Crippen LogP contribution in [0.2, 0.25) is 0 Å². The maximum Gasteiger partial charge on any atom is 0.414 e. The third kappa shape index (κ3) is 5.51. The maximum absolute atomic E-state index is 12.4. The summed E-state index contributed by atoms with van der Waals surface area (Å²) in [5, 5.41) is 6.23. The zero-order valence-electron chi connectivity index (χ0n) is 14.4. The number of fused-ring (bicyclic) bond motifs is 1. The minimum absolute atomic E-state index is 0.0303. The van der Waals surface area contributed by atoms with E-state index in [4.69, 9.17) is 0 Å². The van der Waals surface area contributed by atoms with Gasteiger partial charge in [-0.2, -0.15) is 13.2 Å². The molecular formula is C17H12F3N3O4S2. The maximum atomic E-state index is 12.4. The third-order valence-corrected chi connectivity index (χ3v) is 5.32. The predicted octanol–water partition coefficient (Wildman–Crippen LogP) is 4.43. The molecule has 29 heavy (non-hydrogen) atoms. The number of carbonyl (C=O) groups is 3. The number of hydrogen-bond acceptors (Lipinski definition) is 7. The lowest BCUT2D eigenvalue weighted by Gasteiger charge is -2.08. The van der Waals surface area contributed by atoms with Gasteiger partial charge in [-0.1, -0.05) is 12.1 Å². The minimum Gasteiger partial charge on any atom is -0.449 e. The zero-order chi connectivity index (χ0) is 21.0. The normalized spacial score (nSPS) is 11.3. The van der Waals surface area contributed by atoms with Gasteiger partial charge in [-0.15, -0.1) is 22.7 Å². The van der Waals surface area contributed by atoms with Crippen LogP contribution in [0.5, 0.6) is 0 Å². The summed E-state index contributed by atoms with van der Waals surface area (Å²) in [6.45, 7) is -0.909. The summed E-state index contributed by atoms with van der Waals surface area (Å²) in [5.41, 5.74) is 0.630. The minimum atomic E-state index is -4.48. The number of para-hydroxylation sites is 1. The monoisotopic (exact) mass is 443 g/mol. The third-order valence-electron chi connectivity index (χ3n) is 3.46. The van der Waals surface area contributed by atoms with E-state index >= 15 is 0 Å². The highest BCUT2D eigenvalue weighted by Crippen LogP contribution is 2.26. The summed E-state index contributed by atoms with van der Waals surface area (Å²) in [6, 6.07) is 8.54. The molecule has 0 fully saturated rings. The average molecular weight is 443 g/mol. The first-order valence-electron chi connectivity index (χ1n) is 8.02. The van der Waals surface area contributed by atoms with Gasteiger partial charge in [0.05, 0.1) is 22.2 Å². The van der Waals surface area contributed by atoms with E-state index in [1.54, 1.807) is 12.1 Å². The van der Waals surface area contributed by atoms with Crippen molar-refractivity contribution in [1.29, 1.82) is 0 Å². The Balaban J connectivity index is 1.61. The van der Waals surface area contributed by atoms with Gasteiger partial charge in [0.15, 0.2) is 5.01 Å². The smallest absolute Gasteiger partial charge is 0.414 e. The van der Waals surface area contributed by atoms with Crippen LogP contribution < -0.4 is 10.6 Å². The number of rotatable bonds is 5. The molecule has 0 atom stereocenters. The Kier molecular flexibility index (Phi) is 6.13. The summed E-state index contributed by atoms with van der Waals surface area (Å²) in [7, 11) is 0. The molecule has 3 aromatic rings. The molecule has 0 radical (unpaired) electrons. The second-order valence-corrected chi connectivity index (χ2v) is 7.51. The van der Waals surface area contributed by atoms with Crippen molar-refractivity contribution in [2.24, 2.45) is 0 Å². The molecular weight excluding hydrogens is 431 g/mol. The number of benzene rings is 1. The van der Waals surface area contributed by atoms with Crippen molar-refractivity contribution in [2.45, 2.75) is 12.6 Å². The fraction of sp³-hybridized carbons (Fsp3) is 0.176. The number of nitrogens with zero attached hydrogens (tertiary/aromatic N) is 1. The van der Waals surface area contributed by atoms with Gasteiger partial charge in [0, 0.05) is 0 Å². The highest BCUT2D eigenvalue weighted by atomic mass is 32.1. The molecule has 0 unspecified atom stereocenters. The van der Waals surface area contributed by atoms with E-state index in [-0.39, 0.29) is 15.6 Å². The zero-order valence-corrected chi connectivity index (χ0v) is 16.0. The Labute approximate surface area is 169 Å². The number of carbonyl (C=O) groups excluding carboxylic acids is 3. The summed E-state index contributed by atoms with van der Waals surface area (Å²) in [6.07, 6.45) is -7.11. The number of amides is 3. The molecule has 0 saturated carbocycles. The molecule has 0 spiro atoms. The van der Waals surface area contributed by atoms with Crippen LogP contribution in [0, 0.1) is 0 Å². The van der Waals surface area contributed by atoms with Crippen LogP contribution in [0.1, 0.15) is 26.6 Å². The van der Waals surface area contributed by atoms with E-state index in [1.165, 1.54) is 22.8 Å². The van der Waals surface area contributed by atoms with Crippen LogP contribution in [0.15, 0.2) is 35.7 Å². The second-order valence-electron chi connectivity index (χ2n) is 5.56. The van der Waals surface area contributed by atoms with E-state index in [2.05, 4.69) is 15.0 Å².